The average Bonchev–Trinajstić information content (AvgIpc) is 2.70. The van der Waals surface area contributed by atoms with E-state index in [4.69, 9.17) is 14.2 Å². The Balaban J connectivity index is 1.62. The Hall–Kier alpha value is -1.60. The van der Waals surface area contributed by atoms with Crippen LogP contribution in [0, 0.1) is 0 Å². The van der Waals surface area contributed by atoms with Crippen LogP contribution in [0.4, 0.5) is 0 Å². The summed E-state index contributed by atoms with van der Waals surface area (Å²) < 4.78 is 17.5. The summed E-state index contributed by atoms with van der Waals surface area (Å²) >= 11 is 3.58. The van der Waals surface area contributed by atoms with Gasteiger partial charge >= 0.3 is 0 Å². The molecule has 2 aromatic rings. The fraction of sp³-hybridized carbons (Fsp3) is 0.455. The van der Waals surface area contributed by atoms with Gasteiger partial charge in [0, 0.05) is 32.7 Å². The Morgan fingerprint density at radius 2 is 1.86 bits per heavy atom. The molecule has 0 spiro atoms. The van der Waals surface area contributed by atoms with E-state index in [2.05, 4.69) is 56.5 Å². The number of ether oxygens (including phenoxy) is 3. The number of rotatable bonds is 9. The van der Waals surface area contributed by atoms with Crippen molar-refractivity contribution in [2.75, 3.05) is 40.0 Å². The Morgan fingerprint density at radius 1 is 1.11 bits per heavy atom. The van der Waals surface area contributed by atoms with E-state index in [0.717, 1.165) is 67.5 Å². The van der Waals surface area contributed by atoms with Gasteiger partial charge < -0.3 is 19.5 Å². The van der Waals surface area contributed by atoms with Gasteiger partial charge in [-0.05, 0) is 51.7 Å². The van der Waals surface area contributed by atoms with Crippen molar-refractivity contribution in [3.05, 3.63) is 57.6 Å². The lowest BCUT2D eigenvalue weighted by atomic mass is 10.1. The highest BCUT2D eigenvalue weighted by atomic mass is 79.9. The van der Waals surface area contributed by atoms with Crippen molar-refractivity contribution in [2.45, 2.75) is 26.6 Å². The van der Waals surface area contributed by atoms with Gasteiger partial charge in [0.05, 0.1) is 31.4 Å². The van der Waals surface area contributed by atoms with Crippen LogP contribution in [0.15, 0.2) is 40.9 Å². The van der Waals surface area contributed by atoms with E-state index in [1.807, 2.05) is 13.0 Å². The lowest BCUT2D eigenvalue weighted by molar-refractivity contribution is 0.0340. The zero-order valence-corrected chi connectivity index (χ0v) is 18.3. The largest absolute Gasteiger partial charge is 0.492 e. The van der Waals surface area contributed by atoms with Gasteiger partial charge in [-0.15, -0.1) is 0 Å². The second-order valence-electron chi connectivity index (χ2n) is 6.80. The molecule has 1 aliphatic rings. The van der Waals surface area contributed by atoms with E-state index in [9.17, 15) is 0 Å². The molecule has 2 aromatic carbocycles. The molecule has 0 atom stereocenters. The van der Waals surface area contributed by atoms with E-state index in [0.29, 0.717) is 6.61 Å². The van der Waals surface area contributed by atoms with Gasteiger partial charge in [0.25, 0.3) is 0 Å². The highest BCUT2D eigenvalue weighted by Crippen LogP contribution is 2.36. The molecule has 28 heavy (non-hydrogen) atoms. The number of morpholine rings is 1. The zero-order chi connectivity index (χ0) is 19.8. The first kappa shape index (κ1) is 21.1. The minimum atomic E-state index is 0.606. The number of nitrogens with zero attached hydrogens (tertiary/aromatic N) is 1. The van der Waals surface area contributed by atoms with E-state index in [1.165, 1.54) is 11.1 Å². The summed E-state index contributed by atoms with van der Waals surface area (Å²) in [7, 11) is 1.66. The summed E-state index contributed by atoms with van der Waals surface area (Å²) in [4.78, 5) is 2.46. The number of hydrogen-bond acceptors (Lipinski definition) is 5. The quantitative estimate of drug-likeness (QED) is 0.628. The first-order valence-electron chi connectivity index (χ1n) is 9.78. The maximum absolute atomic E-state index is 5.72. The molecule has 0 bridgehead atoms. The molecule has 1 N–H and O–H groups in total. The summed E-state index contributed by atoms with van der Waals surface area (Å²) in [6.07, 6.45) is 0. The van der Waals surface area contributed by atoms with Gasteiger partial charge in [0.15, 0.2) is 11.5 Å². The van der Waals surface area contributed by atoms with Crippen LogP contribution < -0.4 is 14.8 Å². The van der Waals surface area contributed by atoms with E-state index >= 15 is 0 Å². The topological polar surface area (TPSA) is 43.0 Å². The second-order valence-corrected chi connectivity index (χ2v) is 7.66. The number of hydrogen-bond donors (Lipinski definition) is 1. The normalized spacial score (nSPS) is 14.8. The van der Waals surface area contributed by atoms with Crippen LogP contribution in [0.1, 0.15) is 23.6 Å². The van der Waals surface area contributed by atoms with Crippen LogP contribution in [0.25, 0.3) is 0 Å². The standard InChI is InChI=1S/C22H29BrN2O3/c1-3-28-21-13-17(12-20(23)22(21)26-2)14-24-15-18-6-4-5-7-19(18)16-25-8-10-27-11-9-25/h4-7,12-13,24H,3,8-11,14-16H2,1-2H3. The molecule has 0 radical (unpaired) electrons. The average molecular weight is 449 g/mol. The van der Waals surface area contributed by atoms with Gasteiger partial charge in [-0.1, -0.05) is 24.3 Å². The highest BCUT2D eigenvalue weighted by molar-refractivity contribution is 9.10. The van der Waals surface area contributed by atoms with Crippen LogP contribution in [0.5, 0.6) is 11.5 Å². The monoisotopic (exact) mass is 448 g/mol. The van der Waals surface area contributed by atoms with Gasteiger partial charge in [-0.25, -0.2) is 0 Å². The Morgan fingerprint density at radius 3 is 2.57 bits per heavy atom. The SMILES string of the molecule is CCOc1cc(CNCc2ccccc2CN2CCOCC2)cc(Br)c1OC. The molecule has 0 amide bonds. The van der Waals surface area contributed by atoms with Crippen molar-refractivity contribution in [3.8, 4) is 11.5 Å². The van der Waals surface area contributed by atoms with Gasteiger partial charge in [0.2, 0.25) is 0 Å². The van der Waals surface area contributed by atoms with Crippen molar-refractivity contribution in [1.29, 1.82) is 0 Å². The predicted octanol–water partition coefficient (Wildman–Crippen LogP) is 3.98. The Labute approximate surface area is 176 Å². The summed E-state index contributed by atoms with van der Waals surface area (Å²) in [6.45, 7) is 8.80. The number of halogens is 1. The second kappa shape index (κ2) is 10.8. The molecular weight excluding hydrogens is 420 g/mol. The maximum Gasteiger partial charge on any atom is 0.174 e. The molecule has 152 valence electrons. The zero-order valence-electron chi connectivity index (χ0n) is 16.7. The van der Waals surface area contributed by atoms with Crippen molar-refractivity contribution < 1.29 is 14.2 Å². The molecule has 1 saturated heterocycles. The van der Waals surface area contributed by atoms with Gasteiger partial charge in [-0.2, -0.15) is 0 Å². The molecule has 6 heteroatoms. The fourth-order valence-electron chi connectivity index (χ4n) is 3.41. The van der Waals surface area contributed by atoms with Gasteiger partial charge in [-0.3, -0.25) is 4.90 Å². The lowest BCUT2D eigenvalue weighted by Gasteiger charge is -2.27. The number of benzene rings is 2. The first-order valence-corrected chi connectivity index (χ1v) is 10.6. The molecule has 0 aromatic heterocycles. The Bertz CT molecular complexity index is 763. The molecule has 0 unspecified atom stereocenters. The third-order valence-corrected chi connectivity index (χ3v) is 5.42. The van der Waals surface area contributed by atoms with E-state index in [-0.39, 0.29) is 0 Å². The van der Waals surface area contributed by atoms with Crippen LogP contribution in [-0.2, 0) is 24.4 Å². The highest BCUT2D eigenvalue weighted by Gasteiger charge is 2.13. The van der Waals surface area contributed by atoms with Crippen molar-refractivity contribution in [3.63, 3.8) is 0 Å². The van der Waals surface area contributed by atoms with Crippen molar-refractivity contribution >= 4 is 15.9 Å². The lowest BCUT2D eigenvalue weighted by Crippen LogP contribution is -2.36. The molecule has 0 aliphatic carbocycles. The third-order valence-electron chi connectivity index (χ3n) is 4.83. The third kappa shape index (κ3) is 5.70. The predicted molar refractivity (Wildman–Crippen MR) is 115 cm³/mol. The molecule has 1 fully saturated rings. The number of nitrogens with one attached hydrogen (secondary N) is 1. The molecule has 3 rings (SSSR count). The molecule has 1 aliphatic heterocycles. The molecule has 5 nitrogen and oxygen atoms in total. The summed E-state index contributed by atoms with van der Waals surface area (Å²) in [6, 6.07) is 12.8. The summed E-state index contributed by atoms with van der Waals surface area (Å²) in [5.41, 5.74) is 3.87. The molecule has 0 saturated carbocycles. The molecule has 1 heterocycles. The molecular formula is C22H29BrN2O3. The van der Waals surface area contributed by atoms with E-state index < -0.39 is 0 Å². The van der Waals surface area contributed by atoms with Crippen molar-refractivity contribution in [2.24, 2.45) is 0 Å². The smallest absolute Gasteiger partial charge is 0.174 e. The van der Waals surface area contributed by atoms with Gasteiger partial charge in [0.1, 0.15) is 0 Å². The summed E-state index contributed by atoms with van der Waals surface area (Å²) in [5.74, 6) is 1.50. The van der Waals surface area contributed by atoms with Crippen LogP contribution in [-0.4, -0.2) is 44.9 Å². The number of methoxy groups -OCH3 is 1. The Kier molecular flexibility index (Phi) is 8.15. The maximum atomic E-state index is 5.72. The first-order chi connectivity index (χ1) is 13.7. The minimum Gasteiger partial charge on any atom is -0.492 e. The van der Waals surface area contributed by atoms with Crippen LogP contribution in [0.2, 0.25) is 0 Å². The summed E-state index contributed by atoms with van der Waals surface area (Å²) in [5, 5.41) is 3.57. The van der Waals surface area contributed by atoms with Crippen molar-refractivity contribution in [1.82, 2.24) is 10.2 Å². The van der Waals surface area contributed by atoms with E-state index in [1.54, 1.807) is 7.11 Å². The van der Waals surface area contributed by atoms with Crippen LogP contribution >= 0.6 is 15.9 Å². The fourth-order valence-corrected chi connectivity index (χ4v) is 4.06. The minimum absolute atomic E-state index is 0.606. The van der Waals surface area contributed by atoms with Crippen LogP contribution in [0.3, 0.4) is 0 Å².